The van der Waals surface area contributed by atoms with Crippen molar-refractivity contribution in [1.82, 2.24) is 5.32 Å². The number of ketones is 1. The van der Waals surface area contributed by atoms with Gasteiger partial charge in [-0.1, -0.05) is 36.8 Å². The fourth-order valence-electron chi connectivity index (χ4n) is 4.32. The van der Waals surface area contributed by atoms with Crippen molar-refractivity contribution in [2.75, 3.05) is 7.11 Å². The van der Waals surface area contributed by atoms with Gasteiger partial charge >= 0.3 is 11.9 Å². The Kier molecular flexibility index (Phi) is 6.15. The Morgan fingerprint density at radius 3 is 2.33 bits per heavy atom. The highest BCUT2D eigenvalue weighted by molar-refractivity contribution is 6.12. The summed E-state index contributed by atoms with van der Waals surface area (Å²) in [6.07, 6.45) is 0.226. The number of aryl methyl sites for hydroxylation is 1. The van der Waals surface area contributed by atoms with Gasteiger partial charge in [0, 0.05) is 22.9 Å². The second-order valence-corrected chi connectivity index (χ2v) is 8.40. The van der Waals surface area contributed by atoms with Crippen LogP contribution in [0, 0.1) is 18.8 Å². The van der Waals surface area contributed by atoms with Gasteiger partial charge in [-0.25, -0.2) is 4.79 Å². The predicted molar refractivity (Wildman–Crippen MR) is 112 cm³/mol. The quantitative estimate of drug-likeness (QED) is 0.603. The lowest BCUT2D eigenvalue weighted by molar-refractivity contribution is -0.151. The third-order valence-corrected chi connectivity index (χ3v) is 5.72. The van der Waals surface area contributed by atoms with Crippen LogP contribution in [0.4, 0.5) is 0 Å². The van der Waals surface area contributed by atoms with E-state index < -0.39 is 23.8 Å². The van der Waals surface area contributed by atoms with Gasteiger partial charge in [-0.2, -0.15) is 0 Å². The number of nitrogens with one attached hydrogen (secondary N) is 1. The molecule has 0 unspecified atom stereocenters. The summed E-state index contributed by atoms with van der Waals surface area (Å²) in [6, 6.07) is 7.74. The summed E-state index contributed by atoms with van der Waals surface area (Å²) < 4.78 is 10.4. The number of rotatable bonds is 4. The highest BCUT2D eigenvalue weighted by atomic mass is 16.5. The van der Waals surface area contributed by atoms with E-state index in [9.17, 15) is 14.4 Å². The summed E-state index contributed by atoms with van der Waals surface area (Å²) in [6.45, 7) is 9.25. The van der Waals surface area contributed by atoms with Crippen LogP contribution in [-0.2, 0) is 23.9 Å². The van der Waals surface area contributed by atoms with Crippen molar-refractivity contribution in [2.45, 2.75) is 53.1 Å². The molecule has 3 rings (SSSR count). The van der Waals surface area contributed by atoms with Crippen LogP contribution in [0.5, 0.6) is 0 Å². The number of hydrogen-bond donors (Lipinski definition) is 1. The number of hydrogen-bond acceptors (Lipinski definition) is 6. The third-order valence-electron chi connectivity index (χ3n) is 5.72. The number of benzene rings is 1. The Balaban J connectivity index is 2.17. The lowest BCUT2D eigenvalue weighted by Gasteiger charge is -2.38. The van der Waals surface area contributed by atoms with E-state index in [1.165, 1.54) is 7.11 Å². The topological polar surface area (TPSA) is 81.7 Å². The molecule has 1 aromatic rings. The summed E-state index contributed by atoms with van der Waals surface area (Å²) in [4.78, 5) is 39.0. The molecule has 160 valence electrons. The van der Waals surface area contributed by atoms with E-state index in [0.717, 1.165) is 16.8 Å². The summed E-state index contributed by atoms with van der Waals surface area (Å²) in [5.41, 5.74) is 4.17. The van der Waals surface area contributed by atoms with Crippen LogP contribution in [0.2, 0.25) is 0 Å². The van der Waals surface area contributed by atoms with Crippen LogP contribution in [0.3, 0.4) is 0 Å². The number of esters is 2. The molecule has 6 heteroatoms. The first-order valence-electron chi connectivity index (χ1n) is 10.3. The molecule has 2 aliphatic rings. The van der Waals surface area contributed by atoms with Crippen molar-refractivity contribution in [1.29, 1.82) is 0 Å². The first-order valence-corrected chi connectivity index (χ1v) is 10.3. The van der Waals surface area contributed by atoms with Crippen LogP contribution in [-0.4, -0.2) is 30.9 Å². The molecule has 1 heterocycles. The van der Waals surface area contributed by atoms with Crippen molar-refractivity contribution in [2.24, 2.45) is 11.8 Å². The number of carbonyl (C=O) groups is 3. The van der Waals surface area contributed by atoms with Crippen molar-refractivity contribution < 1.29 is 23.9 Å². The Bertz CT molecular complexity index is 939. The highest BCUT2D eigenvalue weighted by Gasteiger charge is 2.47. The Morgan fingerprint density at radius 1 is 1.13 bits per heavy atom. The molecule has 1 N–H and O–H groups in total. The number of methoxy groups -OCH3 is 1. The number of Topliss-reactive ketones (excluding diaryl/α,β-unsaturated/α-hetero) is 1. The molecule has 0 amide bonds. The van der Waals surface area contributed by atoms with Gasteiger partial charge in [-0.15, -0.1) is 0 Å². The number of carbonyl (C=O) groups excluding carboxylic acids is 3. The fourth-order valence-corrected chi connectivity index (χ4v) is 4.32. The number of dihydropyridines is 1. The van der Waals surface area contributed by atoms with E-state index in [4.69, 9.17) is 9.47 Å². The normalized spacial score (nSPS) is 23.8. The van der Waals surface area contributed by atoms with Crippen molar-refractivity contribution in [3.63, 3.8) is 0 Å². The molecule has 1 aliphatic heterocycles. The summed E-state index contributed by atoms with van der Waals surface area (Å²) in [5, 5.41) is 3.26. The average Bonchev–Trinajstić information content (AvgIpc) is 2.66. The molecule has 0 saturated heterocycles. The molecule has 0 fully saturated rings. The van der Waals surface area contributed by atoms with Gasteiger partial charge in [-0.3, -0.25) is 9.59 Å². The molecule has 0 saturated carbocycles. The fraction of sp³-hybridized carbons (Fsp3) is 0.458. The molecule has 0 aromatic heterocycles. The largest absolute Gasteiger partial charge is 0.468 e. The summed E-state index contributed by atoms with van der Waals surface area (Å²) >= 11 is 0. The Hall–Kier alpha value is -2.89. The minimum Gasteiger partial charge on any atom is -0.468 e. The van der Waals surface area contributed by atoms with Crippen molar-refractivity contribution in [3.8, 4) is 0 Å². The molecule has 0 bridgehead atoms. The summed E-state index contributed by atoms with van der Waals surface area (Å²) in [7, 11) is 1.29. The van der Waals surface area contributed by atoms with Gasteiger partial charge in [0.1, 0.15) is 5.92 Å². The van der Waals surface area contributed by atoms with Gasteiger partial charge in [-0.05, 0) is 45.6 Å². The second kappa shape index (κ2) is 8.46. The van der Waals surface area contributed by atoms with Gasteiger partial charge in [0.15, 0.2) is 5.78 Å². The van der Waals surface area contributed by atoms with Gasteiger partial charge in [0.05, 0.1) is 18.8 Å². The zero-order chi connectivity index (χ0) is 22.2. The van der Waals surface area contributed by atoms with Crippen LogP contribution in [0.1, 0.15) is 51.2 Å². The smallest absolute Gasteiger partial charge is 0.337 e. The van der Waals surface area contributed by atoms with E-state index in [0.29, 0.717) is 23.3 Å². The van der Waals surface area contributed by atoms with E-state index in [2.05, 4.69) is 5.32 Å². The monoisotopic (exact) mass is 411 g/mol. The Labute approximate surface area is 177 Å². The van der Waals surface area contributed by atoms with Crippen molar-refractivity contribution >= 4 is 17.7 Å². The molecular weight excluding hydrogens is 382 g/mol. The average molecular weight is 411 g/mol. The Morgan fingerprint density at radius 2 is 1.77 bits per heavy atom. The molecule has 30 heavy (non-hydrogen) atoms. The standard InChI is InChI=1S/C24H29NO5/c1-12(2)30-24(28)19-15(5)25-17-11-14(4)18(23(27)29-6)22(26)21(17)20(19)16-9-7-13(3)8-10-16/h7-10,12,14,18,20,25H,11H2,1-6H3/t14-,18+,20+/m1/s1. The third kappa shape index (κ3) is 3.91. The van der Waals surface area contributed by atoms with E-state index in [-0.39, 0.29) is 17.8 Å². The molecule has 0 spiro atoms. The zero-order valence-electron chi connectivity index (χ0n) is 18.4. The molecule has 1 aromatic carbocycles. The summed E-state index contributed by atoms with van der Waals surface area (Å²) in [5.74, 6) is -2.99. The maximum Gasteiger partial charge on any atom is 0.337 e. The SMILES string of the molecule is COC(=O)[C@@H]1C(=O)C2=C(C[C@H]1C)NC(C)=C(C(=O)OC(C)C)[C@@H]2c1ccc(C)cc1. The van der Waals surface area contributed by atoms with E-state index in [1.807, 2.05) is 45.0 Å². The molecule has 0 radical (unpaired) electrons. The minimum absolute atomic E-state index is 0.202. The number of allylic oxidation sites excluding steroid dienone is 3. The number of ether oxygens (including phenoxy) is 2. The van der Waals surface area contributed by atoms with E-state index >= 15 is 0 Å². The van der Waals surface area contributed by atoms with E-state index in [1.54, 1.807) is 13.8 Å². The molecular formula is C24H29NO5. The molecule has 1 aliphatic carbocycles. The molecule has 6 nitrogen and oxygen atoms in total. The minimum atomic E-state index is -0.885. The predicted octanol–water partition coefficient (Wildman–Crippen LogP) is 3.56. The van der Waals surface area contributed by atoms with Crippen molar-refractivity contribution in [3.05, 3.63) is 57.9 Å². The van der Waals surface area contributed by atoms with Crippen LogP contribution in [0.25, 0.3) is 0 Å². The van der Waals surface area contributed by atoms with Gasteiger partial charge < -0.3 is 14.8 Å². The highest BCUT2D eigenvalue weighted by Crippen LogP contribution is 2.45. The maximum absolute atomic E-state index is 13.5. The van der Waals surface area contributed by atoms with Crippen LogP contribution < -0.4 is 5.32 Å². The van der Waals surface area contributed by atoms with Crippen LogP contribution in [0.15, 0.2) is 46.8 Å². The molecule has 3 atom stereocenters. The second-order valence-electron chi connectivity index (χ2n) is 8.40. The first kappa shape index (κ1) is 21.8. The van der Waals surface area contributed by atoms with Gasteiger partial charge in [0.25, 0.3) is 0 Å². The van der Waals surface area contributed by atoms with Crippen LogP contribution >= 0.6 is 0 Å². The zero-order valence-corrected chi connectivity index (χ0v) is 18.4. The first-order chi connectivity index (χ1) is 14.1. The lowest BCUT2D eigenvalue weighted by Crippen LogP contribution is -2.43. The lowest BCUT2D eigenvalue weighted by atomic mass is 9.69. The maximum atomic E-state index is 13.5. The van der Waals surface area contributed by atoms with Gasteiger partial charge in [0.2, 0.25) is 0 Å².